The first kappa shape index (κ1) is 27.5. The van der Waals surface area contributed by atoms with Gasteiger partial charge in [0, 0.05) is 52.1 Å². The summed E-state index contributed by atoms with van der Waals surface area (Å²) in [4.78, 5) is 32.6. The molecular formula is C40H36N4O2. The molecule has 46 heavy (non-hydrogen) atoms. The zero-order chi connectivity index (χ0) is 30.8. The van der Waals surface area contributed by atoms with Crippen molar-refractivity contribution >= 4 is 17.4 Å². The van der Waals surface area contributed by atoms with Crippen LogP contribution in [0.25, 0.3) is 16.9 Å². The lowest BCUT2D eigenvalue weighted by atomic mass is 9.67. The van der Waals surface area contributed by atoms with Crippen molar-refractivity contribution in [2.24, 2.45) is 11.8 Å². The number of fused-ring (bicyclic) bond motifs is 6. The molecule has 5 aromatic rings. The molecule has 1 N–H and O–H groups in total. The Morgan fingerprint density at radius 2 is 1.46 bits per heavy atom. The summed E-state index contributed by atoms with van der Waals surface area (Å²) in [6.45, 7) is 0. The summed E-state index contributed by atoms with van der Waals surface area (Å²) in [5.74, 6) is -0.440. The number of carbonyl (C=O) groups excluding carboxylic acids is 2. The molecule has 9 rings (SSSR count). The predicted molar refractivity (Wildman–Crippen MR) is 179 cm³/mol. The first-order valence-electron chi connectivity index (χ1n) is 16.7. The first-order chi connectivity index (χ1) is 22.7. The number of para-hydroxylation sites is 2. The molecule has 1 spiro atoms. The van der Waals surface area contributed by atoms with E-state index in [1.807, 2.05) is 89.6 Å². The predicted octanol–water partition coefficient (Wildman–Crippen LogP) is 7.62. The van der Waals surface area contributed by atoms with E-state index in [9.17, 15) is 4.79 Å². The molecule has 4 heterocycles. The highest BCUT2D eigenvalue weighted by atomic mass is 16.2. The number of hydrogen-bond acceptors (Lipinski definition) is 4. The fourth-order valence-corrected chi connectivity index (χ4v) is 9.50. The van der Waals surface area contributed by atoms with Crippen LogP contribution in [0.3, 0.4) is 0 Å². The Labute approximate surface area is 269 Å². The number of Topliss-reactive ketones (excluding diaryl/α,β-unsaturated/α-hetero) is 1. The second-order valence-electron chi connectivity index (χ2n) is 13.4. The van der Waals surface area contributed by atoms with E-state index < -0.39 is 11.5 Å². The lowest BCUT2D eigenvalue weighted by Gasteiger charge is -2.43. The largest absolute Gasteiger partial charge is 0.324 e. The molecule has 3 aliphatic heterocycles. The molecule has 1 amide bonds. The van der Waals surface area contributed by atoms with Gasteiger partial charge in [0.05, 0.1) is 17.3 Å². The zero-order valence-electron chi connectivity index (χ0n) is 25.6. The first-order valence-corrected chi connectivity index (χ1v) is 16.7. The van der Waals surface area contributed by atoms with Crippen LogP contribution in [0.4, 0.5) is 5.69 Å². The highest BCUT2D eigenvalue weighted by Gasteiger charge is 2.72. The van der Waals surface area contributed by atoms with Crippen LogP contribution in [0.2, 0.25) is 0 Å². The Balaban J connectivity index is 1.34. The topological polar surface area (TPSA) is 67.2 Å². The Morgan fingerprint density at radius 3 is 2.24 bits per heavy atom. The van der Waals surface area contributed by atoms with Crippen molar-refractivity contribution in [2.45, 2.75) is 55.6 Å². The average molecular weight is 605 g/mol. The summed E-state index contributed by atoms with van der Waals surface area (Å²) in [7, 11) is 0. The number of nitrogens with zero attached hydrogens (tertiary/aromatic N) is 3. The standard InChI is InChI=1S/C40H36N4O2/c45-38(27-16-6-2-7-17-27)36-35(30-25-43(29-19-8-3-9-20-29)42-37(30)26-14-4-1-5-15-26)34-24-28-18-10-13-23-33(28)44(34)40(36)31-21-11-12-22-32(31)41-39(40)46/h1-9,11-12,14-17,19-22,25,28,33-36H,10,13,18,23-24H2,(H,41,46)/t28?,33?,34-,35+,36+,40-/m0/s1. The van der Waals surface area contributed by atoms with Crippen molar-refractivity contribution in [2.75, 3.05) is 5.32 Å². The second-order valence-corrected chi connectivity index (χ2v) is 13.4. The van der Waals surface area contributed by atoms with Gasteiger partial charge in [0.25, 0.3) is 0 Å². The smallest absolute Gasteiger partial charge is 0.250 e. The van der Waals surface area contributed by atoms with Crippen LogP contribution < -0.4 is 5.32 Å². The van der Waals surface area contributed by atoms with Gasteiger partial charge in [0.1, 0.15) is 5.54 Å². The minimum absolute atomic E-state index is 0.0125. The molecule has 1 aromatic heterocycles. The minimum Gasteiger partial charge on any atom is -0.324 e. The van der Waals surface area contributed by atoms with Gasteiger partial charge in [-0.1, -0.05) is 110 Å². The molecule has 228 valence electrons. The lowest BCUT2D eigenvalue weighted by Crippen LogP contribution is -2.56. The van der Waals surface area contributed by atoms with Gasteiger partial charge in [-0.2, -0.15) is 5.10 Å². The molecular weight excluding hydrogens is 568 g/mol. The Kier molecular flexibility index (Phi) is 6.36. The number of rotatable bonds is 5. The van der Waals surface area contributed by atoms with E-state index in [0.29, 0.717) is 11.5 Å². The summed E-state index contributed by atoms with van der Waals surface area (Å²) >= 11 is 0. The van der Waals surface area contributed by atoms with E-state index in [-0.39, 0.29) is 29.7 Å². The third kappa shape index (κ3) is 3.89. The Hall–Kier alpha value is -4.81. The van der Waals surface area contributed by atoms with E-state index in [2.05, 4.69) is 46.7 Å². The second kappa shape index (κ2) is 10.6. The van der Waals surface area contributed by atoms with Gasteiger partial charge < -0.3 is 5.32 Å². The number of nitrogens with one attached hydrogen (secondary N) is 1. The van der Waals surface area contributed by atoms with Gasteiger partial charge in [0.15, 0.2) is 5.78 Å². The molecule has 6 nitrogen and oxygen atoms in total. The SMILES string of the molecule is O=C(c1ccccc1)[C@H]1[C@H](c2cn(-c3ccccc3)nc2-c2ccccc2)[C@@H]2CC3CCCCC3N2[C@]12C(=O)Nc1ccccc12. The van der Waals surface area contributed by atoms with Gasteiger partial charge in [-0.25, -0.2) is 4.68 Å². The van der Waals surface area contributed by atoms with E-state index in [4.69, 9.17) is 5.10 Å². The quantitative estimate of drug-likeness (QED) is 0.210. The van der Waals surface area contributed by atoms with Crippen LogP contribution in [0, 0.1) is 11.8 Å². The number of hydrogen-bond donors (Lipinski definition) is 1. The fraction of sp³-hybridized carbons (Fsp3) is 0.275. The van der Waals surface area contributed by atoms with Crippen LogP contribution in [0.5, 0.6) is 0 Å². The summed E-state index contributed by atoms with van der Waals surface area (Å²) in [5, 5.41) is 8.50. The number of carbonyl (C=O) groups is 2. The maximum absolute atomic E-state index is 15.2. The molecule has 6 atom stereocenters. The lowest BCUT2D eigenvalue weighted by molar-refractivity contribution is -0.129. The Morgan fingerprint density at radius 1 is 0.783 bits per heavy atom. The van der Waals surface area contributed by atoms with E-state index in [1.165, 1.54) is 6.42 Å². The fourth-order valence-electron chi connectivity index (χ4n) is 9.50. The van der Waals surface area contributed by atoms with Gasteiger partial charge in [0.2, 0.25) is 5.91 Å². The highest BCUT2D eigenvalue weighted by molar-refractivity contribution is 6.12. The number of benzene rings is 4. The van der Waals surface area contributed by atoms with Crippen molar-refractivity contribution in [3.63, 3.8) is 0 Å². The van der Waals surface area contributed by atoms with E-state index in [0.717, 1.165) is 59.4 Å². The zero-order valence-corrected chi connectivity index (χ0v) is 25.6. The molecule has 6 heteroatoms. The van der Waals surface area contributed by atoms with Crippen molar-refractivity contribution in [1.29, 1.82) is 0 Å². The molecule has 1 aliphatic carbocycles. The van der Waals surface area contributed by atoms with Crippen LogP contribution >= 0.6 is 0 Å². The molecule has 2 saturated heterocycles. The highest BCUT2D eigenvalue weighted by Crippen LogP contribution is 2.65. The molecule has 2 unspecified atom stereocenters. The molecule has 0 radical (unpaired) electrons. The number of amides is 1. The monoisotopic (exact) mass is 604 g/mol. The average Bonchev–Trinajstić information content (AvgIpc) is 3.86. The molecule has 4 aromatic carbocycles. The van der Waals surface area contributed by atoms with Crippen LogP contribution in [0.1, 0.15) is 59.5 Å². The van der Waals surface area contributed by atoms with Gasteiger partial charge in [-0.05, 0) is 43.4 Å². The van der Waals surface area contributed by atoms with E-state index in [1.54, 1.807) is 0 Å². The number of aromatic nitrogens is 2. The van der Waals surface area contributed by atoms with Crippen molar-refractivity contribution in [1.82, 2.24) is 14.7 Å². The summed E-state index contributed by atoms with van der Waals surface area (Å²) in [5.41, 5.74) is 5.17. The third-order valence-electron chi connectivity index (χ3n) is 11.2. The van der Waals surface area contributed by atoms with Gasteiger partial charge in [-0.3, -0.25) is 14.5 Å². The maximum Gasteiger partial charge on any atom is 0.250 e. The summed E-state index contributed by atoms with van der Waals surface area (Å²) < 4.78 is 1.96. The van der Waals surface area contributed by atoms with Crippen molar-refractivity contribution in [3.05, 3.63) is 138 Å². The third-order valence-corrected chi connectivity index (χ3v) is 11.2. The minimum atomic E-state index is -1.11. The maximum atomic E-state index is 15.2. The molecule has 4 aliphatic rings. The van der Waals surface area contributed by atoms with E-state index >= 15 is 4.79 Å². The van der Waals surface area contributed by atoms with Crippen LogP contribution in [0.15, 0.2) is 121 Å². The van der Waals surface area contributed by atoms with Gasteiger partial charge >= 0.3 is 0 Å². The van der Waals surface area contributed by atoms with Crippen molar-refractivity contribution < 1.29 is 9.59 Å². The molecule has 3 fully saturated rings. The van der Waals surface area contributed by atoms with Gasteiger partial charge in [-0.15, -0.1) is 0 Å². The number of ketones is 1. The van der Waals surface area contributed by atoms with Crippen molar-refractivity contribution in [3.8, 4) is 16.9 Å². The molecule has 0 bridgehead atoms. The van der Waals surface area contributed by atoms with Crippen LogP contribution in [-0.2, 0) is 10.3 Å². The molecule has 1 saturated carbocycles. The number of anilines is 1. The summed E-state index contributed by atoms with van der Waals surface area (Å²) in [6.07, 6.45) is 7.69. The Bertz CT molecular complexity index is 1940. The summed E-state index contributed by atoms with van der Waals surface area (Å²) in [6, 6.07) is 38.4. The normalized spacial score (nSPS) is 28.1. The van der Waals surface area contributed by atoms with Crippen LogP contribution in [-0.4, -0.2) is 38.5 Å².